The van der Waals surface area contributed by atoms with E-state index in [2.05, 4.69) is 10.0 Å². The molecule has 1 amide bonds. The molecule has 2 rings (SSSR count). The minimum Gasteiger partial charge on any atom is -0.335 e. The quantitative estimate of drug-likeness (QED) is 0.670. The van der Waals surface area contributed by atoms with E-state index in [0.29, 0.717) is 19.4 Å². The van der Waals surface area contributed by atoms with Gasteiger partial charge in [-0.15, -0.1) is 0 Å². The summed E-state index contributed by atoms with van der Waals surface area (Å²) in [6.07, 6.45) is 1.80. The van der Waals surface area contributed by atoms with E-state index in [-0.39, 0.29) is 23.7 Å². The van der Waals surface area contributed by atoms with Crippen LogP contribution in [-0.4, -0.2) is 56.7 Å². The molecule has 104 valence electrons. The predicted molar refractivity (Wildman–Crippen MR) is 68.6 cm³/mol. The number of amides is 1. The highest BCUT2D eigenvalue weighted by molar-refractivity contribution is 7.89. The molecule has 1 atom stereocenters. The van der Waals surface area contributed by atoms with Crippen LogP contribution in [0.5, 0.6) is 0 Å². The number of carbonyl (C=O) groups is 1. The van der Waals surface area contributed by atoms with E-state index in [9.17, 15) is 13.2 Å². The Morgan fingerprint density at radius 3 is 2.72 bits per heavy atom. The number of sulfonamides is 1. The maximum absolute atomic E-state index is 11.8. The molecule has 2 saturated heterocycles. The Morgan fingerprint density at radius 2 is 2.17 bits per heavy atom. The summed E-state index contributed by atoms with van der Waals surface area (Å²) in [5.74, 6) is 0.212. The van der Waals surface area contributed by atoms with Gasteiger partial charge < -0.3 is 10.2 Å². The number of unbranched alkanes of at least 4 members (excludes halogenated alkanes) is 1. The summed E-state index contributed by atoms with van der Waals surface area (Å²) in [5, 5.41) is 3.12. The third-order valence-electron chi connectivity index (χ3n) is 3.47. The molecule has 0 bridgehead atoms. The third-order valence-corrected chi connectivity index (χ3v) is 4.99. The van der Waals surface area contributed by atoms with Crippen LogP contribution >= 0.6 is 0 Å². The maximum Gasteiger partial charge on any atom is 0.224 e. The van der Waals surface area contributed by atoms with Gasteiger partial charge in [-0.3, -0.25) is 4.79 Å². The first-order chi connectivity index (χ1) is 8.52. The van der Waals surface area contributed by atoms with E-state index in [0.717, 1.165) is 19.5 Å². The van der Waals surface area contributed by atoms with Crippen molar-refractivity contribution in [3.8, 4) is 0 Å². The molecule has 2 aliphatic rings. The number of hydrogen-bond donors (Lipinski definition) is 2. The second-order valence-electron chi connectivity index (χ2n) is 5.05. The number of nitrogens with one attached hydrogen (secondary N) is 2. The highest BCUT2D eigenvalue weighted by Gasteiger charge is 2.37. The molecular weight excluding hydrogens is 254 g/mol. The zero-order valence-electron chi connectivity index (χ0n) is 10.7. The lowest BCUT2D eigenvalue weighted by atomic mass is 10.1. The smallest absolute Gasteiger partial charge is 0.224 e. The van der Waals surface area contributed by atoms with E-state index >= 15 is 0 Å². The van der Waals surface area contributed by atoms with Crippen LogP contribution < -0.4 is 10.0 Å². The van der Waals surface area contributed by atoms with Gasteiger partial charge in [0, 0.05) is 32.1 Å². The Kier molecular flexibility index (Phi) is 4.24. The van der Waals surface area contributed by atoms with Crippen molar-refractivity contribution in [1.29, 1.82) is 0 Å². The Bertz CT molecular complexity index is 406. The standard InChI is InChI=1S/C11H21N3O3S/c1-2-3-4-18(16,17)13-9-5-11(15)14(8-9)10-6-12-7-10/h9-10,12-13H,2-8H2,1H3. The van der Waals surface area contributed by atoms with Gasteiger partial charge in [0.15, 0.2) is 0 Å². The first-order valence-corrected chi connectivity index (χ1v) is 8.17. The van der Waals surface area contributed by atoms with Crippen molar-refractivity contribution in [2.45, 2.75) is 38.3 Å². The Labute approximate surface area is 108 Å². The van der Waals surface area contributed by atoms with Gasteiger partial charge in [-0.2, -0.15) is 0 Å². The molecule has 18 heavy (non-hydrogen) atoms. The normalized spacial score (nSPS) is 25.5. The highest BCUT2D eigenvalue weighted by Crippen LogP contribution is 2.17. The van der Waals surface area contributed by atoms with Crippen molar-refractivity contribution in [3.63, 3.8) is 0 Å². The van der Waals surface area contributed by atoms with E-state index in [4.69, 9.17) is 0 Å². The summed E-state index contributed by atoms with van der Waals surface area (Å²) in [5.41, 5.74) is 0. The minimum absolute atomic E-state index is 0.0599. The molecule has 0 radical (unpaired) electrons. The summed E-state index contributed by atoms with van der Waals surface area (Å²) < 4.78 is 26.2. The van der Waals surface area contributed by atoms with Crippen molar-refractivity contribution < 1.29 is 13.2 Å². The number of rotatable bonds is 6. The fraction of sp³-hybridized carbons (Fsp3) is 0.909. The Balaban J connectivity index is 1.86. The van der Waals surface area contributed by atoms with Crippen molar-refractivity contribution in [2.75, 3.05) is 25.4 Å². The van der Waals surface area contributed by atoms with Crippen molar-refractivity contribution in [2.24, 2.45) is 0 Å². The first-order valence-electron chi connectivity index (χ1n) is 6.52. The summed E-state index contributed by atoms with van der Waals surface area (Å²) in [6, 6.07) is 0.00241. The van der Waals surface area contributed by atoms with Gasteiger partial charge in [0.2, 0.25) is 15.9 Å². The molecule has 0 aromatic carbocycles. The molecule has 0 aromatic heterocycles. The van der Waals surface area contributed by atoms with Crippen LogP contribution in [0.2, 0.25) is 0 Å². The van der Waals surface area contributed by atoms with Gasteiger partial charge >= 0.3 is 0 Å². The average Bonchev–Trinajstić information content (AvgIpc) is 2.53. The van der Waals surface area contributed by atoms with Crippen LogP contribution in [0.15, 0.2) is 0 Å². The lowest BCUT2D eigenvalue weighted by molar-refractivity contribution is -0.130. The predicted octanol–water partition coefficient (Wildman–Crippen LogP) is -0.721. The second-order valence-corrected chi connectivity index (χ2v) is 6.92. The molecular formula is C11H21N3O3S. The van der Waals surface area contributed by atoms with Crippen LogP contribution in [0.3, 0.4) is 0 Å². The topological polar surface area (TPSA) is 78.5 Å². The van der Waals surface area contributed by atoms with Gasteiger partial charge in [0.25, 0.3) is 0 Å². The third kappa shape index (κ3) is 3.21. The molecule has 0 aromatic rings. The van der Waals surface area contributed by atoms with Crippen molar-refractivity contribution in [3.05, 3.63) is 0 Å². The van der Waals surface area contributed by atoms with Gasteiger partial charge in [-0.05, 0) is 6.42 Å². The van der Waals surface area contributed by atoms with Crippen LogP contribution in [0, 0.1) is 0 Å². The van der Waals surface area contributed by atoms with Gasteiger partial charge in [0.1, 0.15) is 0 Å². The average molecular weight is 275 g/mol. The number of likely N-dealkylation sites (tertiary alicyclic amines) is 1. The molecule has 6 nitrogen and oxygen atoms in total. The van der Waals surface area contributed by atoms with Crippen LogP contribution in [0.1, 0.15) is 26.2 Å². The molecule has 0 saturated carbocycles. The lowest BCUT2D eigenvalue weighted by Gasteiger charge is -2.35. The fourth-order valence-corrected chi connectivity index (χ4v) is 3.76. The molecule has 2 heterocycles. The minimum atomic E-state index is -3.23. The lowest BCUT2D eigenvalue weighted by Crippen LogP contribution is -2.58. The zero-order valence-corrected chi connectivity index (χ0v) is 11.5. The molecule has 7 heteroatoms. The Hall–Kier alpha value is -0.660. The van der Waals surface area contributed by atoms with Crippen LogP contribution in [0.25, 0.3) is 0 Å². The summed E-state index contributed by atoms with van der Waals surface area (Å²) in [6.45, 7) is 4.11. The molecule has 0 aliphatic carbocycles. The second kappa shape index (κ2) is 5.54. The SMILES string of the molecule is CCCCS(=O)(=O)NC1CC(=O)N(C2CNC2)C1. The number of carbonyl (C=O) groups excluding carboxylic acids is 1. The highest BCUT2D eigenvalue weighted by atomic mass is 32.2. The molecule has 0 spiro atoms. The van der Waals surface area contributed by atoms with E-state index in [1.54, 1.807) is 4.90 Å². The summed E-state index contributed by atoms with van der Waals surface area (Å²) in [4.78, 5) is 13.6. The maximum atomic E-state index is 11.8. The van der Waals surface area contributed by atoms with Crippen molar-refractivity contribution in [1.82, 2.24) is 14.9 Å². The number of nitrogens with zero attached hydrogens (tertiary/aromatic N) is 1. The Morgan fingerprint density at radius 1 is 1.44 bits per heavy atom. The van der Waals surface area contributed by atoms with Gasteiger partial charge in [-0.1, -0.05) is 13.3 Å². The summed E-state index contributed by atoms with van der Waals surface area (Å²) >= 11 is 0. The van der Waals surface area contributed by atoms with Gasteiger partial charge in [0.05, 0.1) is 11.8 Å². The first kappa shape index (κ1) is 13.8. The van der Waals surface area contributed by atoms with Crippen molar-refractivity contribution >= 4 is 15.9 Å². The van der Waals surface area contributed by atoms with Crippen LogP contribution in [0.4, 0.5) is 0 Å². The van der Waals surface area contributed by atoms with E-state index in [1.807, 2.05) is 6.92 Å². The van der Waals surface area contributed by atoms with E-state index < -0.39 is 10.0 Å². The zero-order chi connectivity index (χ0) is 13.2. The van der Waals surface area contributed by atoms with E-state index in [1.165, 1.54) is 0 Å². The fourth-order valence-electron chi connectivity index (χ4n) is 2.30. The summed E-state index contributed by atoms with van der Waals surface area (Å²) in [7, 11) is -3.23. The number of hydrogen-bond acceptors (Lipinski definition) is 4. The largest absolute Gasteiger partial charge is 0.335 e. The molecule has 2 N–H and O–H groups in total. The molecule has 1 unspecified atom stereocenters. The van der Waals surface area contributed by atoms with Gasteiger partial charge in [-0.25, -0.2) is 13.1 Å². The van der Waals surface area contributed by atoms with Crippen LogP contribution in [-0.2, 0) is 14.8 Å². The molecule has 2 fully saturated rings. The monoisotopic (exact) mass is 275 g/mol. The molecule has 2 aliphatic heterocycles.